The molecule has 0 saturated carbocycles. The predicted octanol–water partition coefficient (Wildman–Crippen LogP) is 3.82. The van der Waals surface area contributed by atoms with Crippen LogP contribution < -0.4 is 4.74 Å². The summed E-state index contributed by atoms with van der Waals surface area (Å²) in [7, 11) is 1.61. The molecule has 3 nitrogen and oxygen atoms in total. The molecule has 96 valence electrons. The van der Waals surface area contributed by atoms with Gasteiger partial charge >= 0.3 is 0 Å². The fourth-order valence-electron chi connectivity index (χ4n) is 1.83. The van der Waals surface area contributed by atoms with Crippen LogP contribution in [0, 0.1) is 5.82 Å². The number of hydrogen-bond acceptors (Lipinski definition) is 4. The van der Waals surface area contributed by atoms with Crippen molar-refractivity contribution in [1.82, 2.24) is 4.98 Å². The summed E-state index contributed by atoms with van der Waals surface area (Å²) in [6.07, 6.45) is 0. The zero-order valence-corrected chi connectivity index (χ0v) is 10.9. The molecule has 3 aromatic rings. The average molecular weight is 275 g/mol. The first-order chi connectivity index (χ1) is 9.17. The van der Waals surface area contributed by atoms with Gasteiger partial charge in [0.15, 0.2) is 0 Å². The fourth-order valence-corrected chi connectivity index (χ4v) is 2.86. The van der Waals surface area contributed by atoms with Crippen LogP contribution in [-0.4, -0.2) is 17.2 Å². The van der Waals surface area contributed by atoms with Gasteiger partial charge in [-0.1, -0.05) is 0 Å². The van der Waals surface area contributed by atoms with Crippen LogP contribution in [0.1, 0.15) is 0 Å². The van der Waals surface area contributed by atoms with E-state index < -0.39 is 5.82 Å². The molecule has 0 aliphatic carbocycles. The minimum Gasteiger partial charge on any atom is -0.507 e. The highest BCUT2D eigenvalue weighted by Gasteiger charge is 2.11. The molecule has 1 heterocycles. The maximum Gasteiger partial charge on any atom is 0.128 e. The van der Waals surface area contributed by atoms with Gasteiger partial charge in [0.05, 0.1) is 22.9 Å². The van der Waals surface area contributed by atoms with Crippen molar-refractivity contribution in [2.75, 3.05) is 7.11 Å². The zero-order valence-electron chi connectivity index (χ0n) is 10.1. The number of nitrogens with zero attached hydrogens (tertiary/aromatic N) is 1. The molecule has 2 aromatic carbocycles. The molecule has 0 unspecified atom stereocenters. The Hall–Kier alpha value is -2.14. The van der Waals surface area contributed by atoms with Gasteiger partial charge in [-0.05, 0) is 30.3 Å². The summed E-state index contributed by atoms with van der Waals surface area (Å²) in [5.74, 6) is 0.182. The van der Waals surface area contributed by atoms with E-state index >= 15 is 0 Å². The SMILES string of the molecule is COc1ccc2nc(-c3ccc(F)cc3O)sc2c1. The number of phenols is 1. The van der Waals surface area contributed by atoms with Crippen molar-refractivity contribution in [2.45, 2.75) is 0 Å². The van der Waals surface area contributed by atoms with Gasteiger partial charge in [0.25, 0.3) is 0 Å². The van der Waals surface area contributed by atoms with Crippen molar-refractivity contribution < 1.29 is 14.2 Å². The van der Waals surface area contributed by atoms with Gasteiger partial charge in [-0.15, -0.1) is 11.3 Å². The van der Waals surface area contributed by atoms with E-state index in [2.05, 4.69) is 4.98 Å². The van der Waals surface area contributed by atoms with E-state index in [0.717, 1.165) is 22.0 Å². The normalized spacial score (nSPS) is 10.8. The molecular formula is C14H10FNO2S. The molecule has 0 spiro atoms. The van der Waals surface area contributed by atoms with Crippen LogP contribution in [-0.2, 0) is 0 Å². The largest absolute Gasteiger partial charge is 0.507 e. The highest BCUT2D eigenvalue weighted by atomic mass is 32.1. The smallest absolute Gasteiger partial charge is 0.128 e. The number of ether oxygens (including phenoxy) is 1. The number of aromatic hydroxyl groups is 1. The molecule has 0 aliphatic heterocycles. The minimum absolute atomic E-state index is 0.106. The van der Waals surface area contributed by atoms with Crippen molar-refractivity contribution in [3.8, 4) is 22.1 Å². The van der Waals surface area contributed by atoms with Crippen LogP contribution in [0.15, 0.2) is 36.4 Å². The molecule has 19 heavy (non-hydrogen) atoms. The van der Waals surface area contributed by atoms with E-state index in [4.69, 9.17) is 4.74 Å². The fraction of sp³-hybridized carbons (Fsp3) is 0.0714. The standard InChI is InChI=1S/C14H10FNO2S/c1-18-9-3-5-11-13(7-9)19-14(16-11)10-4-2-8(15)6-12(10)17/h2-7,17H,1H3. The Morgan fingerprint density at radius 2 is 2.05 bits per heavy atom. The number of halogens is 1. The summed E-state index contributed by atoms with van der Waals surface area (Å²) in [5.41, 5.74) is 1.35. The van der Waals surface area contributed by atoms with E-state index in [0.29, 0.717) is 10.6 Å². The highest BCUT2D eigenvalue weighted by molar-refractivity contribution is 7.21. The maximum absolute atomic E-state index is 13.0. The third kappa shape index (κ3) is 2.13. The second-order valence-corrected chi connectivity index (χ2v) is 5.04. The molecule has 0 amide bonds. The topological polar surface area (TPSA) is 42.4 Å². The second kappa shape index (κ2) is 4.51. The first-order valence-electron chi connectivity index (χ1n) is 5.61. The summed E-state index contributed by atoms with van der Waals surface area (Å²) in [6, 6.07) is 9.49. The molecule has 0 aliphatic rings. The van der Waals surface area contributed by atoms with Crippen LogP contribution >= 0.6 is 11.3 Å². The second-order valence-electron chi connectivity index (χ2n) is 4.01. The number of thiazole rings is 1. The molecule has 0 bridgehead atoms. The van der Waals surface area contributed by atoms with Gasteiger partial charge in [-0.2, -0.15) is 0 Å². The Balaban J connectivity index is 2.14. The van der Waals surface area contributed by atoms with Crippen LogP contribution in [0.5, 0.6) is 11.5 Å². The number of benzene rings is 2. The number of rotatable bonds is 2. The molecule has 1 N–H and O–H groups in total. The highest BCUT2D eigenvalue weighted by Crippen LogP contribution is 2.36. The number of fused-ring (bicyclic) bond motifs is 1. The monoisotopic (exact) mass is 275 g/mol. The Bertz CT molecular complexity index is 754. The van der Waals surface area contributed by atoms with Crippen molar-refractivity contribution >= 4 is 21.6 Å². The number of aromatic nitrogens is 1. The van der Waals surface area contributed by atoms with Crippen molar-refractivity contribution in [2.24, 2.45) is 0 Å². The lowest BCUT2D eigenvalue weighted by Gasteiger charge is -1.99. The number of hydrogen-bond donors (Lipinski definition) is 1. The van der Waals surface area contributed by atoms with Gasteiger partial charge in [0, 0.05) is 6.07 Å². The third-order valence-corrected chi connectivity index (χ3v) is 3.84. The van der Waals surface area contributed by atoms with E-state index in [1.807, 2.05) is 18.2 Å². The Labute approximate surface area is 112 Å². The Morgan fingerprint density at radius 1 is 1.21 bits per heavy atom. The lowest BCUT2D eigenvalue weighted by Crippen LogP contribution is -1.81. The molecule has 0 radical (unpaired) electrons. The summed E-state index contributed by atoms with van der Waals surface area (Å²) in [5, 5.41) is 10.4. The first kappa shape index (κ1) is 11.9. The van der Waals surface area contributed by atoms with Gasteiger partial charge in [0.2, 0.25) is 0 Å². The van der Waals surface area contributed by atoms with Gasteiger partial charge in [-0.25, -0.2) is 9.37 Å². The molecule has 1 aromatic heterocycles. The number of methoxy groups -OCH3 is 1. The lowest BCUT2D eigenvalue weighted by molar-refractivity contribution is 0.415. The molecule has 3 rings (SSSR count). The van der Waals surface area contributed by atoms with E-state index in [1.165, 1.54) is 23.5 Å². The zero-order chi connectivity index (χ0) is 13.4. The average Bonchev–Trinajstić information content (AvgIpc) is 2.80. The first-order valence-corrected chi connectivity index (χ1v) is 6.42. The quantitative estimate of drug-likeness (QED) is 0.773. The summed E-state index contributed by atoms with van der Waals surface area (Å²) in [6.45, 7) is 0. The van der Waals surface area contributed by atoms with Crippen molar-refractivity contribution in [1.29, 1.82) is 0 Å². The number of phenolic OH excluding ortho intramolecular Hbond substituents is 1. The van der Waals surface area contributed by atoms with Gasteiger partial charge in [0.1, 0.15) is 22.3 Å². The van der Waals surface area contributed by atoms with Crippen LogP contribution in [0.2, 0.25) is 0 Å². The van der Waals surface area contributed by atoms with Crippen LogP contribution in [0.3, 0.4) is 0 Å². The van der Waals surface area contributed by atoms with Gasteiger partial charge < -0.3 is 9.84 Å². The summed E-state index contributed by atoms with van der Waals surface area (Å²) >= 11 is 1.43. The van der Waals surface area contributed by atoms with E-state index in [9.17, 15) is 9.50 Å². The lowest BCUT2D eigenvalue weighted by atomic mass is 10.2. The van der Waals surface area contributed by atoms with Crippen LogP contribution in [0.25, 0.3) is 20.8 Å². The molecule has 0 saturated heterocycles. The predicted molar refractivity (Wildman–Crippen MR) is 73.2 cm³/mol. The third-order valence-electron chi connectivity index (χ3n) is 2.79. The van der Waals surface area contributed by atoms with Crippen molar-refractivity contribution in [3.63, 3.8) is 0 Å². The Morgan fingerprint density at radius 3 is 2.79 bits per heavy atom. The van der Waals surface area contributed by atoms with Crippen LogP contribution in [0.4, 0.5) is 4.39 Å². The molecule has 0 fully saturated rings. The molecule has 0 atom stereocenters. The minimum atomic E-state index is -0.468. The molecular weight excluding hydrogens is 265 g/mol. The Kier molecular flexibility index (Phi) is 2.83. The van der Waals surface area contributed by atoms with E-state index in [1.54, 1.807) is 7.11 Å². The maximum atomic E-state index is 13.0. The van der Waals surface area contributed by atoms with E-state index in [-0.39, 0.29) is 5.75 Å². The van der Waals surface area contributed by atoms with Crippen molar-refractivity contribution in [3.05, 3.63) is 42.2 Å². The summed E-state index contributed by atoms with van der Waals surface area (Å²) < 4.78 is 19.1. The summed E-state index contributed by atoms with van der Waals surface area (Å²) in [4.78, 5) is 4.43. The van der Waals surface area contributed by atoms with Gasteiger partial charge in [-0.3, -0.25) is 0 Å². The molecule has 5 heteroatoms.